The maximum Gasteiger partial charge on any atom is 0.139 e. The van der Waals surface area contributed by atoms with Crippen molar-refractivity contribution in [2.24, 2.45) is 0 Å². The minimum Gasteiger partial charge on any atom is -0.369 e. The van der Waals surface area contributed by atoms with Crippen molar-refractivity contribution in [2.45, 2.75) is 37.6 Å². The molecule has 4 heteroatoms. The summed E-state index contributed by atoms with van der Waals surface area (Å²) in [6, 6.07) is 4.31. The topological polar surface area (TPSA) is 44.0 Å². The Labute approximate surface area is 119 Å². The molecule has 0 aliphatic carbocycles. The molecule has 2 N–H and O–H groups in total. The fourth-order valence-corrected chi connectivity index (χ4v) is 3.94. The number of fused-ring (bicyclic) bond motifs is 1. The number of anilines is 1. The average molecular weight is 270 g/mol. The summed E-state index contributed by atoms with van der Waals surface area (Å²) in [6.07, 6.45) is 10.5. The zero-order valence-electron chi connectivity index (χ0n) is 11.9. The third-order valence-corrected chi connectivity index (χ3v) is 4.94. The van der Waals surface area contributed by atoms with E-state index in [1.54, 1.807) is 0 Å². The van der Waals surface area contributed by atoms with E-state index in [-0.39, 0.29) is 0 Å². The molecule has 2 aliphatic rings. The Kier molecular flexibility index (Phi) is 2.91. The first-order valence-electron chi connectivity index (χ1n) is 7.78. The van der Waals surface area contributed by atoms with Crippen molar-refractivity contribution in [2.75, 3.05) is 24.5 Å². The molecule has 4 rings (SSSR count). The van der Waals surface area contributed by atoms with Gasteiger partial charge >= 0.3 is 0 Å². The molecule has 1 atom stereocenters. The lowest BCUT2D eigenvalue weighted by molar-refractivity contribution is 0.216. The first-order valence-corrected chi connectivity index (χ1v) is 7.78. The summed E-state index contributed by atoms with van der Waals surface area (Å²) in [5.74, 6) is 0. The van der Waals surface area contributed by atoms with Gasteiger partial charge in [-0.15, -0.1) is 0 Å². The van der Waals surface area contributed by atoms with E-state index in [2.05, 4.69) is 32.3 Å². The Morgan fingerprint density at radius 3 is 3.00 bits per heavy atom. The van der Waals surface area contributed by atoms with E-state index in [0.29, 0.717) is 5.54 Å². The maximum atomic E-state index is 4.40. The summed E-state index contributed by atoms with van der Waals surface area (Å²) >= 11 is 0. The second kappa shape index (κ2) is 4.77. The minimum atomic E-state index is 0.350. The van der Waals surface area contributed by atoms with Gasteiger partial charge in [-0.2, -0.15) is 0 Å². The fraction of sp³-hybridized carbons (Fsp3) is 0.562. The van der Waals surface area contributed by atoms with Crippen LogP contribution in [0.5, 0.6) is 0 Å². The molecule has 0 radical (unpaired) electrons. The maximum absolute atomic E-state index is 4.40. The number of hydrogen-bond acceptors (Lipinski definition) is 3. The molecule has 20 heavy (non-hydrogen) atoms. The summed E-state index contributed by atoms with van der Waals surface area (Å²) in [6.45, 7) is 3.48. The normalized spacial score (nSPS) is 27.3. The number of aromatic nitrogens is 2. The van der Waals surface area contributed by atoms with Gasteiger partial charge in [-0.05, 0) is 44.4 Å². The van der Waals surface area contributed by atoms with E-state index < -0.39 is 0 Å². The van der Waals surface area contributed by atoms with Crippen LogP contribution in [0.15, 0.2) is 24.5 Å². The van der Waals surface area contributed by atoms with Gasteiger partial charge in [0.2, 0.25) is 0 Å². The zero-order valence-corrected chi connectivity index (χ0v) is 11.9. The van der Waals surface area contributed by atoms with Crippen LogP contribution in [0.2, 0.25) is 0 Å². The third-order valence-electron chi connectivity index (χ3n) is 4.94. The molecule has 0 amide bonds. The van der Waals surface area contributed by atoms with Crippen molar-refractivity contribution in [1.29, 1.82) is 0 Å². The molecule has 0 aromatic carbocycles. The number of aromatic amines is 1. The standard InChI is InChI=1S/C16H22N4/c1-2-8-19-16(6-1)7-3-11-20(12-16)14-5-10-18-15-13(14)4-9-17-15/h4-5,9-10,19H,1-3,6-8,11-12H2,(H,17,18)/t16-/m1/s1. The van der Waals surface area contributed by atoms with Crippen LogP contribution in [0, 0.1) is 0 Å². The quantitative estimate of drug-likeness (QED) is 0.837. The molecule has 2 saturated heterocycles. The number of H-pyrrole nitrogens is 1. The second-order valence-corrected chi connectivity index (χ2v) is 6.26. The number of nitrogens with one attached hydrogen (secondary N) is 2. The van der Waals surface area contributed by atoms with Gasteiger partial charge in [0.25, 0.3) is 0 Å². The van der Waals surface area contributed by atoms with E-state index in [0.717, 1.165) is 18.7 Å². The molecule has 106 valence electrons. The van der Waals surface area contributed by atoms with Crippen LogP contribution >= 0.6 is 0 Å². The number of piperidine rings is 2. The smallest absolute Gasteiger partial charge is 0.139 e. The third kappa shape index (κ3) is 1.99. The van der Waals surface area contributed by atoms with Gasteiger partial charge < -0.3 is 15.2 Å². The van der Waals surface area contributed by atoms with Crippen LogP contribution in [-0.2, 0) is 0 Å². The van der Waals surface area contributed by atoms with Crippen LogP contribution in [0.4, 0.5) is 5.69 Å². The molecule has 2 aromatic rings. The lowest BCUT2D eigenvalue weighted by Crippen LogP contribution is -2.59. The van der Waals surface area contributed by atoms with Crippen molar-refractivity contribution < 1.29 is 0 Å². The fourth-order valence-electron chi connectivity index (χ4n) is 3.94. The van der Waals surface area contributed by atoms with E-state index in [1.165, 1.54) is 49.7 Å². The first kappa shape index (κ1) is 12.2. The van der Waals surface area contributed by atoms with Crippen molar-refractivity contribution >= 4 is 16.7 Å². The molecule has 4 heterocycles. The first-order chi connectivity index (χ1) is 9.86. The predicted octanol–water partition coefficient (Wildman–Crippen LogP) is 2.68. The summed E-state index contributed by atoms with van der Waals surface area (Å²) in [5.41, 5.74) is 2.68. The highest BCUT2D eigenvalue weighted by atomic mass is 15.2. The average Bonchev–Trinajstić information content (AvgIpc) is 2.96. The van der Waals surface area contributed by atoms with Crippen molar-refractivity contribution in [3.05, 3.63) is 24.5 Å². The molecular formula is C16H22N4. The molecule has 0 unspecified atom stereocenters. The summed E-state index contributed by atoms with van der Waals surface area (Å²) < 4.78 is 0. The zero-order chi connectivity index (χ0) is 13.4. The van der Waals surface area contributed by atoms with Crippen molar-refractivity contribution in [3.8, 4) is 0 Å². The number of nitrogens with zero attached hydrogens (tertiary/aromatic N) is 2. The summed E-state index contributed by atoms with van der Waals surface area (Å²) in [5, 5.41) is 5.06. The molecule has 2 fully saturated rings. The predicted molar refractivity (Wildman–Crippen MR) is 82.1 cm³/mol. The monoisotopic (exact) mass is 270 g/mol. The number of hydrogen-bond donors (Lipinski definition) is 2. The Bertz CT molecular complexity index is 592. The highest BCUT2D eigenvalue weighted by Crippen LogP contribution is 2.34. The van der Waals surface area contributed by atoms with E-state index in [9.17, 15) is 0 Å². The highest BCUT2D eigenvalue weighted by molar-refractivity contribution is 5.89. The van der Waals surface area contributed by atoms with Gasteiger partial charge in [0.1, 0.15) is 5.65 Å². The largest absolute Gasteiger partial charge is 0.369 e. The lowest BCUT2D eigenvalue weighted by Gasteiger charge is -2.46. The van der Waals surface area contributed by atoms with E-state index >= 15 is 0 Å². The lowest BCUT2D eigenvalue weighted by atomic mass is 9.81. The Balaban J connectivity index is 1.66. The van der Waals surface area contributed by atoms with Crippen LogP contribution in [0.25, 0.3) is 11.0 Å². The van der Waals surface area contributed by atoms with Crippen LogP contribution in [-0.4, -0.2) is 35.1 Å². The van der Waals surface area contributed by atoms with E-state index in [4.69, 9.17) is 0 Å². The molecule has 0 saturated carbocycles. The highest BCUT2D eigenvalue weighted by Gasteiger charge is 2.36. The molecular weight excluding hydrogens is 248 g/mol. The Hall–Kier alpha value is -1.55. The van der Waals surface area contributed by atoms with Crippen molar-refractivity contribution in [3.63, 3.8) is 0 Å². The number of rotatable bonds is 1. The summed E-state index contributed by atoms with van der Waals surface area (Å²) in [7, 11) is 0. The van der Waals surface area contributed by atoms with Gasteiger partial charge in [-0.25, -0.2) is 4.98 Å². The van der Waals surface area contributed by atoms with Gasteiger partial charge in [0, 0.05) is 42.1 Å². The molecule has 2 aliphatic heterocycles. The molecule has 4 nitrogen and oxygen atoms in total. The number of pyridine rings is 1. The van der Waals surface area contributed by atoms with Gasteiger partial charge in [-0.1, -0.05) is 6.42 Å². The van der Waals surface area contributed by atoms with Crippen LogP contribution < -0.4 is 10.2 Å². The SMILES string of the molecule is c1cc(N2CCC[C@]3(CCCCN3)C2)c2cc[nH]c2n1. The van der Waals surface area contributed by atoms with Gasteiger partial charge in [0.05, 0.1) is 0 Å². The van der Waals surface area contributed by atoms with Crippen LogP contribution in [0.1, 0.15) is 32.1 Å². The Morgan fingerprint density at radius 1 is 1.15 bits per heavy atom. The van der Waals surface area contributed by atoms with Gasteiger partial charge in [-0.3, -0.25) is 0 Å². The molecule has 2 aromatic heterocycles. The Morgan fingerprint density at radius 2 is 2.10 bits per heavy atom. The van der Waals surface area contributed by atoms with E-state index in [1.807, 2.05) is 12.4 Å². The molecule has 0 bridgehead atoms. The van der Waals surface area contributed by atoms with Crippen LogP contribution in [0.3, 0.4) is 0 Å². The minimum absolute atomic E-state index is 0.350. The second-order valence-electron chi connectivity index (χ2n) is 6.26. The van der Waals surface area contributed by atoms with Gasteiger partial charge in [0.15, 0.2) is 0 Å². The summed E-state index contributed by atoms with van der Waals surface area (Å²) in [4.78, 5) is 10.2. The van der Waals surface area contributed by atoms with Crippen molar-refractivity contribution in [1.82, 2.24) is 15.3 Å². The molecule has 1 spiro atoms.